The van der Waals surface area contributed by atoms with Gasteiger partial charge in [-0.1, -0.05) is 30.3 Å². The Balaban J connectivity index is 2.21. The summed E-state index contributed by atoms with van der Waals surface area (Å²) in [6.07, 6.45) is 1.52. The fraction of sp³-hybridized carbons (Fsp3) is 0.143. The molecular formula is C14H13N3O3. The second-order valence-corrected chi connectivity index (χ2v) is 4.27. The summed E-state index contributed by atoms with van der Waals surface area (Å²) in [6, 6.07) is 8.91. The van der Waals surface area contributed by atoms with Gasteiger partial charge in [0.25, 0.3) is 5.91 Å². The van der Waals surface area contributed by atoms with Gasteiger partial charge in [-0.25, -0.2) is 4.79 Å². The summed E-state index contributed by atoms with van der Waals surface area (Å²) >= 11 is 0. The molecule has 0 radical (unpaired) electrons. The van der Waals surface area contributed by atoms with E-state index in [0.29, 0.717) is 5.56 Å². The number of hydrogen-bond donors (Lipinski definition) is 2. The molecule has 1 heterocycles. The number of aryl methyl sites for hydroxylation is 1. The highest BCUT2D eigenvalue weighted by Gasteiger charge is 2.23. The van der Waals surface area contributed by atoms with Crippen molar-refractivity contribution in [1.82, 2.24) is 15.5 Å². The molecule has 2 rings (SSSR count). The number of aromatic nitrogens is 2. The van der Waals surface area contributed by atoms with E-state index in [0.717, 1.165) is 5.56 Å². The summed E-state index contributed by atoms with van der Waals surface area (Å²) in [6.45, 7) is 1.78. The van der Waals surface area contributed by atoms with Gasteiger partial charge in [-0.3, -0.25) is 4.79 Å². The third-order valence-electron chi connectivity index (χ3n) is 2.68. The minimum Gasteiger partial charge on any atom is -0.479 e. The van der Waals surface area contributed by atoms with Crippen LogP contribution in [0.2, 0.25) is 0 Å². The largest absolute Gasteiger partial charge is 0.479 e. The molecule has 0 aliphatic rings. The van der Waals surface area contributed by atoms with E-state index < -0.39 is 17.9 Å². The minimum absolute atomic E-state index is 0.0900. The quantitative estimate of drug-likeness (QED) is 0.875. The van der Waals surface area contributed by atoms with Crippen LogP contribution in [0.1, 0.15) is 27.7 Å². The van der Waals surface area contributed by atoms with Crippen molar-refractivity contribution in [2.75, 3.05) is 0 Å². The average molecular weight is 271 g/mol. The lowest BCUT2D eigenvalue weighted by Gasteiger charge is -2.14. The van der Waals surface area contributed by atoms with E-state index >= 15 is 0 Å². The van der Waals surface area contributed by atoms with Crippen LogP contribution in [0.25, 0.3) is 0 Å². The normalized spacial score (nSPS) is 11.7. The maximum absolute atomic E-state index is 12.0. The van der Waals surface area contributed by atoms with Crippen molar-refractivity contribution in [1.29, 1.82) is 0 Å². The van der Waals surface area contributed by atoms with Gasteiger partial charge in [-0.2, -0.15) is 5.10 Å². The summed E-state index contributed by atoms with van der Waals surface area (Å²) < 4.78 is 0. The molecule has 2 N–H and O–H groups in total. The van der Waals surface area contributed by atoms with Crippen molar-refractivity contribution in [3.05, 3.63) is 59.4 Å². The first-order valence-corrected chi connectivity index (χ1v) is 5.96. The minimum atomic E-state index is -1.13. The molecule has 1 unspecified atom stereocenters. The highest BCUT2D eigenvalue weighted by molar-refractivity contribution is 5.95. The molecule has 20 heavy (non-hydrogen) atoms. The van der Waals surface area contributed by atoms with E-state index in [1.807, 2.05) is 0 Å². The van der Waals surface area contributed by atoms with Gasteiger partial charge in [0.2, 0.25) is 0 Å². The Morgan fingerprint density at radius 2 is 1.95 bits per heavy atom. The van der Waals surface area contributed by atoms with Gasteiger partial charge in [-0.05, 0) is 24.1 Å². The molecule has 2 aromatic rings. The van der Waals surface area contributed by atoms with E-state index in [-0.39, 0.29) is 5.69 Å². The number of aliphatic carboxylic acids is 1. The Hall–Kier alpha value is -2.76. The SMILES string of the molecule is Cc1cnnc(C(=O)NC(C(=O)O)c2ccccc2)c1. The molecule has 0 saturated heterocycles. The lowest BCUT2D eigenvalue weighted by Crippen LogP contribution is -2.34. The highest BCUT2D eigenvalue weighted by atomic mass is 16.4. The molecular weight excluding hydrogens is 258 g/mol. The van der Waals surface area contributed by atoms with Crippen LogP contribution in [0.5, 0.6) is 0 Å². The smallest absolute Gasteiger partial charge is 0.330 e. The molecule has 6 heteroatoms. The van der Waals surface area contributed by atoms with Crippen molar-refractivity contribution in [3.63, 3.8) is 0 Å². The highest BCUT2D eigenvalue weighted by Crippen LogP contribution is 2.13. The van der Waals surface area contributed by atoms with Crippen molar-refractivity contribution in [2.24, 2.45) is 0 Å². The second kappa shape index (κ2) is 5.92. The molecule has 102 valence electrons. The summed E-state index contributed by atoms with van der Waals surface area (Å²) in [5.41, 5.74) is 1.36. The molecule has 1 amide bonds. The topological polar surface area (TPSA) is 92.2 Å². The molecule has 1 aromatic carbocycles. The zero-order valence-electron chi connectivity index (χ0n) is 10.8. The molecule has 1 atom stereocenters. The number of nitrogens with one attached hydrogen (secondary N) is 1. The molecule has 6 nitrogen and oxygen atoms in total. The standard InChI is InChI=1S/C14H13N3O3/c1-9-7-11(17-15-8-9)13(18)16-12(14(19)20)10-5-3-2-4-6-10/h2-8,12H,1H3,(H,16,18)(H,19,20). The van der Waals surface area contributed by atoms with Gasteiger partial charge in [0.05, 0.1) is 6.20 Å². The van der Waals surface area contributed by atoms with Crippen molar-refractivity contribution in [2.45, 2.75) is 13.0 Å². The van der Waals surface area contributed by atoms with Crippen LogP contribution in [0.3, 0.4) is 0 Å². The molecule has 0 fully saturated rings. The molecule has 0 spiro atoms. The van der Waals surface area contributed by atoms with Gasteiger partial charge in [-0.15, -0.1) is 5.10 Å². The third-order valence-corrected chi connectivity index (χ3v) is 2.68. The second-order valence-electron chi connectivity index (χ2n) is 4.27. The van der Waals surface area contributed by atoms with Crippen LogP contribution in [0.15, 0.2) is 42.6 Å². The monoisotopic (exact) mass is 271 g/mol. The Kier molecular flexibility index (Phi) is 4.05. The van der Waals surface area contributed by atoms with Crippen molar-refractivity contribution < 1.29 is 14.7 Å². The first-order valence-electron chi connectivity index (χ1n) is 5.96. The number of rotatable bonds is 4. The number of carboxylic acid groups (broad SMARTS) is 1. The van der Waals surface area contributed by atoms with Gasteiger partial charge >= 0.3 is 5.97 Å². The van der Waals surface area contributed by atoms with E-state index in [1.54, 1.807) is 43.3 Å². The number of carbonyl (C=O) groups is 2. The fourth-order valence-electron chi connectivity index (χ4n) is 1.71. The molecule has 0 aliphatic carbocycles. The van der Waals surface area contributed by atoms with Gasteiger partial charge in [0.15, 0.2) is 11.7 Å². The Morgan fingerprint density at radius 3 is 2.55 bits per heavy atom. The zero-order chi connectivity index (χ0) is 14.5. The summed E-state index contributed by atoms with van der Waals surface area (Å²) in [5.74, 6) is -1.71. The van der Waals surface area contributed by atoms with Crippen molar-refractivity contribution >= 4 is 11.9 Å². The first-order chi connectivity index (χ1) is 9.58. The first kappa shape index (κ1) is 13.7. The Morgan fingerprint density at radius 1 is 1.25 bits per heavy atom. The lowest BCUT2D eigenvalue weighted by molar-refractivity contribution is -0.139. The van der Waals surface area contributed by atoms with Crippen LogP contribution in [-0.2, 0) is 4.79 Å². The van der Waals surface area contributed by atoms with E-state index in [9.17, 15) is 14.7 Å². The van der Waals surface area contributed by atoms with E-state index in [4.69, 9.17) is 0 Å². The number of amides is 1. The predicted octanol–water partition coefficient (Wildman–Crippen LogP) is 1.34. The Bertz CT molecular complexity index is 629. The maximum atomic E-state index is 12.0. The van der Waals surface area contributed by atoms with Gasteiger partial charge < -0.3 is 10.4 Å². The van der Waals surface area contributed by atoms with E-state index in [2.05, 4.69) is 15.5 Å². The third kappa shape index (κ3) is 3.17. The summed E-state index contributed by atoms with van der Waals surface area (Å²) in [7, 11) is 0. The number of carboxylic acids is 1. The van der Waals surface area contributed by atoms with Crippen LogP contribution < -0.4 is 5.32 Å². The van der Waals surface area contributed by atoms with E-state index in [1.165, 1.54) is 6.20 Å². The van der Waals surface area contributed by atoms with Gasteiger partial charge in [0.1, 0.15) is 0 Å². The van der Waals surface area contributed by atoms with Crippen LogP contribution in [-0.4, -0.2) is 27.2 Å². The van der Waals surface area contributed by atoms with Gasteiger partial charge in [0, 0.05) is 0 Å². The molecule has 0 saturated carbocycles. The summed E-state index contributed by atoms with van der Waals surface area (Å²) in [5, 5.41) is 19.0. The summed E-state index contributed by atoms with van der Waals surface area (Å²) in [4.78, 5) is 23.3. The number of benzene rings is 1. The van der Waals surface area contributed by atoms with Crippen LogP contribution in [0.4, 0.5) is 0 Å². The molecule has 0 aliphatic heterocycles. The average Bonchev–Trinajstić information content (AvgIpc) is 2.45. The lowest BCUT2D eigenvalue weighted by atomic mass is 10.1. The fourth-order valence-corrected chi connectivity index (χ4v) is 1.71. The van der Waals surface area contributed by atoms with Crippen LogP contribution >= 0.6 is 0 Å². The molecule has 0 bridgehead atoms. The van der Waals surface area contributed by atoms with Crippen LogP contribution in [0, 0.1) is 6.92 Å². The zero-order valence-corrected chi connectivity index (χ0v) is 10.8. The number of hydrogen-bond acceptors (Lipinski definition) is 4. The predicted molar refractivity (Wildman–Crippen MR) is 71.1 cm³/mol. The number of nitrogens with zero attached hydrogens (tertiary/aromatic N) is 2. The Labute approximate surface area is 115 Å². The maximum Gasteiger partial charge on any atom is 0.330 e. The number of carbonyl (C=O) groups excluding carboxylic acids is 1. The van der Waals surface area contributed by atoms with Crippen molar-refractivity contribution in [3.8, 4) is 0 Å². The molecule has 1 aromatic heterocycles.